The largest absolute Gasteiger partial charge is 0.337 e. The molecule has 2 aromatic heterocycles. The van der Waals surface area contributed by atoms with Gasteiger partial charge in [-0.2, -0.15) is 5.10 Å². The maximum Gasteiger partial charge on any atom is 0.257 e. The van der Waals surface area contributed by atoms with Gasteiger partial charge in [0, 0.05) is 25.8 Å². The van der Waals surface area contributed by atoms with E-state index in [0.717, 1.165) is 57.5 Å². The molecule has 1 amide bonds. The number of carbonyl (C=O) groups is 1. The van der Waals surface area contributed by atoms with Crippen LogP contribution in [0.3, 0.4) is 0 Å². The van der Waals surface area contributed by atoms with Gasteiger partial charge >= 0.3 is 0 Å². The van der Waals surface area contributed by atoms with E-state index in [-0.39, 0.29) is 5.91 Å². The number of aromatic nitrogens is 2. The molecule has 3 heterocycles. The lowest BCUT2D eigenvalue weighted by molar-refractivity contribution is 0.0763. The average molecular weight is 362 g/mol. The molecule has 5 nitrogen and oxygen atoms in total. The molecule has 0 N–H and O–H groups in total. The third kappa shape index (κ3) is 4.19. The minimum Gasteiger partial charge on any atom is -0.337 e. The van der Waals surface area contributed by atoms with Crippen molar-refractivity contribution >= 4 is 11.4 Å². The van der Waals surface area contributed by atoms with Gasteiger partial charge in [0.1, 0.15) is 0 Å². The third-order valence-corrected chi connectivity index (χ3v) is 5.32. The summed E-state index contributed by atoms with van der Waals surface area (Å²) < 4.78 is 1.76. The highest BCUT2D eigenvalue weighted by atomic mass is 16.2. The van der Waals surface area contributed by atoms with E-state index in [1.807, 2.05) is 29.3 Å². The van der Waals surface area contributed by atoms with E-state index >= 15 is 0 Å². The summed E-state index contributed by atoms with van der Waals surface area (Å²) in [7, 11) is 0. The first-order valence-corrected chi connectivity index (χ1v) is 9.79. The van der Waals surface area contributed by atoms with Crippen LogP contribution in [0.1, 0.15) is 28.8 Å². The van der Waals surface area contributed by atoms with Gasteiger partial charge in [0.25, 0.3) is 5.91 Å². The Kier molecular flexibility index (Phi) is 5.49. The van der Waals surface area contributed by atoms with Crippen LogP contribution in [-0.2, 0) is 6.42 Å². The summed E-state index contributed by atoms with van der Waals surface area (Å²) in [5.74, 6) is 0.0994. The second-order valence-corrected chi connectivity index (χ2v) is 7.17. The number of rotatable bonds is 5. The van der Waals surface area contributed by atoms with E-state index in [9.17, 15) is 4.79 Å². The molecule has 140 valence electrons. The molecule has 1 fully saturated rings. The molecule has 5 heteroatoms. The van der Waals surface area contributed by atoms with Gasteiger partial charge in [0.15, 0.2) is 0 Å². The van der Waals surface area contributed by atoms with Crippen LogP contribution in [0, 0.1) is 0 Å². The van der Waals surface area contributed by atoms with Gasteiger partial charge in [-0.1, -0.05) is 36.4 Å². The Morgan fingerprint density at radius 2 is 1.81 bits per heavy atom. The number of hydrogen-bond donors (Lipinski definition) is 0. The van der Waals surface area contributed by atoms with E-state index < -0.39 is 0 Å². The van der Waals surface area contributed by atoms with Crippen LogP contribution in [0.5, 0.6) is 0 Å². The molecule has 0 unspecified atom stereocenters. The average Bonchev–Trinajstić information content (AvgIpc) is 3.00. The van der Waals surface area contributed by atoms with Crippen molar-refractivity contribution in [2.24, 2.45) is 0 Å². The van der Waals surface area contributed by atoms with E-state index in [0.29, 0.717) is 5.56 Å². The van der Waals surface area contributed by atoms with Crippen molar-refractivity contribution in [3.63, 3.8) is 0 Å². The maximum atomic E-state index is 13.0. The number of fused-ring (bicyclic) bond motifs is 1. The number of carbonyl (C=O) groups excluding carboxylic acids is 1. The van der Waals surface area contributed by atoms with Gasteiger partial charge in [0.2, 0.25) is 0 Å². The second-order valence-electron chi connectivity index (χ2n) is 7.17. The first-order chi connectivity index (χ1) is 13.3. The highest BCUT2D eigenvalue weighted by molar-refractivity contribution is 6.00. The minimum atomic E-state index is 0.0994. The van der Waals surface area contributed by atoms with Gasteiger partial charge in [0.05, 0.1) is 17.3 Å². The normalized spacial score (nSPS) is 15.8. The fourth-order valence-electron chi connectivity index (χ4n) is 3.82. The Morgan fingerprint density at radius 3 is 2.70 bits per heavy atom. The molecular formula is C22H26N4O. The van der Waals surface area contributed by atoms with Crippen molar-refractivity contribution in [3.05, 3.63) is 72.1 Å². The number of aryl methyl sites for hydroxylation is 1. The van der Waals surface area contributed by atoms with Crippen LogP contribution in [0.2, 0.25) is 0 Å². The van der Waals surface area contributed by atoms with Gasteiger partial charge in [-0.3, -0.25) is 4.79 Å². The van der Waals surface area contributed by atoms with Gasteiger partial charge in [-0.05, 0) is 50.0 Å². The number of amides is 1. The van der Waals surface area contributed by atoms with E-state index in [1.54, 1.807) is 10.7 Å². The molecule has 1 aliphatic heterocycles. The summed E-state index contributed by atoms with van der Waals surface area (Å²) in [6.07, 6.45) is 6.87. The van der Waals surface area contributed by atoms with Crippen molar-refractivity contribution in [1.82, 2.24) is 19.4 Å². The molecular weight excluding hydrogens is 336 g/mol. The molecule has 0 aliphatic carbocycles. The summed E-state index contributed by atoms with van der Waals surface area (Å²) in [5, 5.41) is 4.30. The van der Waals surface area contributed by atoms with Crippen LogP contribution in [0.15, 0.2) is 60.9 Å². The van der Waals surface area contributed by atoms with Gasteiger partial charge in [-0.15, -0.1) is 0 Å². The summed E-state index contributed by atoms with van der Waals surface area (Å²) in [6, 6.07) is 16.5. The van der Waals surface area contributed by atoms with Crippen LogP contribution in [0.25, 0.3) is 5.52 Å². The molecule has 0 atom stereocenters. The lowest BCUT2D eigenvalue weighted by atomic mass is 10.1. The molecule has 0 bridgehead atoms. The molecule has 0 radical (unpaired) electrons. The Hall–Kier alpha value is -2.66. The highest BCUT2D eigenvalue weighted by Crippen LogP contribution is 2.15. The van der Waals surface area contributed by atoms with E-state index in [2.05, 4.69) is 40.3 Å². The quantitative estimate of drug-likeness (QED) is 0.700. The number of hydrogen-bond acceptors (Lipinski definition) is 3. The standard InChI is InChI=1S/C22H26N4O/c27-22(20-18-23-26-15-5-4-11-21(20)26)25-14-7-13-24(16-17-25)12-6-10-19-8-2-1-3-9-19/h1-5,8-9,11,15,18H,6-7,10,12-14,16-17H2. The Morgan fingerprint density at radius 1 is 0.963 bits per heavy atom. The van der Waals surface area contributed by atoms with Gasteiger partial charge in [-0.25, -0.2) is 4.52 Å². The summed E-state index contributed by atoms with van der Waals surface area (Å²) in [5.41, 5.74) is 2.98. The van der Waals surface area contributed by atoms with E-state index in [4.69, 9.17) is 0 Å². The Labute approximate surface area is 160 Å². The smallest absolute Gasteiger partial charge is 0.257 e. The molecule has 0 saturated carbocycles. The van der Waals surface area contributed by atoms with E-state index in [1.165, 1.54) is 5.56 Å². The number of pyridine rings is 1. The molecule has 27 heavy (non-hydrogen) atoms. The molecule has 1 aliphatic rings. The molecule has 3 aromatic rings. The first kappa shape index (κ1) is 17.7. The maximum absolute atomic E-state index is 13.0. The molecule has 1 saturated heterocycles. The van der Waals surface area contributed by atoms with Crippen LogP contribution >= 0.6 is 0 Å². The monoisotopic (exact) mass is 362 g/mol. The highest BCUT2D eigenvalue weighted by Gasteiger charge is 2.22. The van der Waals surface area contributed by atoms with Crippen molar-refractivity contribution in [2.45, 2.75) is 19.3 Å². The number of benzene rings is 1. The lowest BCUT2D eigenvalue weighted by Gasteiger charge is -2.21. The van der Waals surface area contributed by atoms with Crippen LogP contribution < -0.4 is 0 Å². The van der Waals surface area contributed by atoms with Crippen LogP contribution in [0.4, 0.5) is 0 Å². The fraction of sp³-hybridized carbons (Fsp3) is 0.364. The first-order valence-electron chi connectivity index (χ1n) is 9.79. The Bertz CT molecular complexity index is 889. The van der Waals surface area contributed by atoms with Crippen molar-refractivity contribution in [3.8, 4) is 0 Å². The predicted molar refractivity (Wildman–Crippen MR) is 107 cm³/mol. The summed E-state index contributed by atoms with van der Waals surface area (Å²) in [6.45, 7) is 4.70. The van der Waals surface area contributed by atoms with Gasteiger partial charge < -0.3 is 9.80 Å². The number of nitrogens with zero attached hydrogens (tertiary/aromatic N) is 4. The third-order valence-electron chi connectivity index (χ3n) is 5.32. The fourth-order valence-corrected chi connectivity index (χ4v) is 3.82. The summed E-state index contributed by atoms with van der Waals surface area (Å²) in [4.78, 5) is 17.5. The Balaban J connectivity index is 1.32. The van der Waals surface area contributed by atoms with Crippen molar-refractivity contribution < 1.29 is 4.79 Å². The zero-order valence-corrected chi connectivity index (χ0v) is 15.6. The summed E-state index contributed by atoms with van der Waals surface area (Å²) >= 11 is 0. The van der Waals surface area contributed by atoms with Crippen molar-refractivity contribution in [1.29, 1.82) is 0 Å². The zero-order valence-electron chi connectivity index (χ0n) is 15.6. The second kappa shape index (κ2) is 8.35. The molecule has 0 spiro atoms. The lowest BCUT2D eigenvalue weighted by Crippen LogP contribution is -2.35. The van der Waals surface area contributed by atoms with Crippen LogP contribution in [-0.4, -0.2) is 58.0 Å². The topological polar surface area (TPSA) is 40.9 Å². The zero-order chi connectivity index (χ0) is 18.5. The SMILES string of the molecule is O=C(c1cnn2ccccc12)N1CCCN(CCCc2ccccc2)CC1. The molecule has 1 aromatic carbocycles. The van der Waals surface area contributed by atoms with Crippen molar-refractivity contribution in [2.75, 3.05) is 32.7 Å². The predicted octanol–water partition coefficient (Wildman–Crippen LogP) is 3.12. The molecule has 4 rings (SSSR count). The minimum absolute atomic E-state index is 0.0994.